The van der Waals surface area contributed by atoms with Gasteiger partial charge in [-0.15, -0.1) is 0 Å². The fourth-order valence-corrected chi connectivity index (χ4v) is 5.47. The summed E-state index contributed by atoms with van der Waals surface area (Å²) in [7, 11) is -1.83. The Bertz CT molecular complexity index is 1260. The predicted octanol–water partition coefficient (Wildman–Crippen LogP) is 2.46. The average Bonchev–Trinajstić information content (AvgIpc) is 3.33. The number of halogens is 1. The molecular weight excluding hydrogens is 489 g/mol. The summed E-state index contributed by atoms with van der Waals surface area (Å²) < 4.78 is 44.2. The quantitative estimate of drug-likeness (QED) is 0.548. The SMILES string of the molecule is COc1cc(CNC(=O)c2cc(C3=NOC([C@H]4CC[C@H](NS(C)(=O)=O)CC4)C3)nc(C)n2)ccc1F. The van der Waals surface area contributed by atoms with Gasteiger partial charge in [-0.3, -0.25) is 4.79 Å². The number of aryl methyl sites for hydroxylation is 1. The number of rotatable bonds is 8. The van der Waals surface area contributed by atoms with E-state index >= 15 is 0 Å². The number of sulfonamides is 1. The summed E-state index contributed by atoms with van der Waals surface area (Å²) in [5.41, 5.74) is 2.07. The van der Waals surface area contributed by atoms with Crippen molar-refractivity contribution >= 4 is 21.6 Å². The van der Waals surface area contributed by atoms with Crippen LogP contribution in [-0.4, -0.2) is 55.5 Å². The zero-order chi connectivity index (χ0) is 25.9. The molecule has 1 aromatic carbocycles. The van der Waals surface area contributed by atoms with Gasteiger partial charge in [0.25, 0.3) is 5.91 Å². The molecule has 0 spiro atoms. The number of nitrogens with zero attached hydrogens (tertiary/aromatic N) is 3. The van der Waals surface area contributed by atoms with Gasteiger partial charge in [0.15, 0.2) is 11.6 Å². The highest BCUT2D eigenvalue weighted by molar-refractivity contribution is 7.88. The highest BCUT2D eigenvalue weighted by Gasteiger charge is 2.34. The van der Waals surface area contributed by atoms with Crippen LogP contribution in [0.4, 0.5) is 4.39 Å². The zero-order valence-electron chi connectivity index (χ0n) is 20.5. The molecule has 4 rings (SSSR count). The Morgan fingerprint density at radius 3 is 2.64 bits per heavy atom. The fraction of sp³-hybridized carbons (Fsp3) is 0.500. The number of hydrogen-bond acceptors (Lipinski definition) is 8. The number of benzene rings is 1. The molecule has 0 bridgehead atoms. The lowest BCUT2D eigenvalue weighted by Gasteiger charge is -2.30. The Hall–Kier alpha value is -3.12. The van der Waals surface area contributed by atoms with Gasteiger partial charge in [0, 0.05) is 19.0 Å². The minimum absolute atomic E-state index is 0.0420. The Kier molecular flexibility index (Phi) is 7.84. The highest BCUT2D eigenvalue weighted by Crippen LogP contribution is 2.33. The summed E-state index contributed by atoms with van der Waals surface area (Å²) in [6, 6.07) is 5.94. The number of methoxy groups -OCH3 is 1. The van der Waals surface area contributed by atoms with Crippen LogP contribution >= 0.6 is 0 Å². The van der Waals surface area contributed by atoms with E-state index in [-0.39, 0.29) is 36.1 Å². The molecule has 2 aliphatic rings. The fourth-order valence-electron chi connectivity index (χ4n) is 4.63. The van der Waals surface area contributed by atoms with Crippen LogP contribution < -0.4 is 14.8 Å². The first kappa shape index (κ1) is 26.0. The van der Waals surface area contributed by atoms with Crippen molar-refractivity contribution in [2.24, 2.45) is 11.1 Å². The molecule has 2 heterocycles. The molecule has 194 valence electrons. The van der Waals surface area contributed by atoms with Crippen molar-refractivity contribution in [3.63, 3.8) is 0 Å². The number of hydrogen-bond donors (Lipinski definition) is 2. The summed E-state index contributed by atoms with van der Waals surface area (Å²) in [5, 5.41) is 7.02. The Labute approximate surface area is 209 Å². The molecule has 2 aromatic rings. The second kappa shape index (κ2) is 10.9. The first-order chi connectivity index (χ1) is 17.1. The molecule has 1 amide bonds. The molecule has 1 saturated carbocycles. The summed E-state index contributed by atoms with van der Waals surface area (Å²) in [4.78, 5) is 27.2. The number of nitrogens with one attached hydrogen (secondary N) is 2. The standard InChI is InChI=1S/C24H30FN5O5S/c1-14-27-19(11-21(28-14)24(31)26-13-15-4-9-18(25)23(10-15)34-2)20-12-22(35-29-20)16-5-7-17(8-6-16)30-36(3,32)33/h4,9-11,16-17,22,30H,5-8,12-13H2,1-3H3,(H,26,31)/t16-,17-,22?. The second-order valence-corrected chi connectivity index (χ2v) is 11.0. The lowest BCUT2D eigenvalue weighted by atomic mass is 9.81. The van der Waals surface area contributed by atoms with Crippen LogP contribution in [-0.2, 0) is 21.4 Å². The highest BCUT2D eigenvalue weighted by atomic mass is 32.2. The minimum Gasteiger partial charge on any atom is -0.494 e. The van der Waals surface area contributed by atoms with Crippen LogP contribution in [0.3, 0.4) is 0 Å². The largest absolute Gasteiger partial charge is 0.494 e. The lowest BCUT2D eigenvalue weighted by Crippen LogP contribution is -2.38. The van der Waals surface area contributed by atoms with Crippen molar-refractivity contribution < 1.29 is 27.2 Å². The molecule has 12 heteroatoms. The number of carbonyl (C=O) groups excluding carboxylic acids is 1. The number of oxime groups is 1. The van der Waals surface area contributed by atoms with Gasteiger partial charge in [-0.1, -0.05) is 11.2 Å². The van der Waals surface area contributed by atoms with Crippen LogP contribution in [0.2, 0.25) is 0 Å². The average molecular weight is 520 g/mol. The third-order valence-electron chi connectivity index (χ3n) is 6.41. The van der Waals surface area contributed by atoms with Crippen LogP contribution in [0.5, 0.6) is 5.75 Å². The number of amides is 1. The van der Waals surface area contributed by atoms with Crippen molar-refractivity contribution in [1.29, 1.82) is 0 Å². The van der Waals surface area contributed by atoms with Crippen LogP contribution in [0.1, 0.15) is 59.7 Å². The van der Waals surface area contributed by atoms with E-state index in [0.29, 0.717) is 29.2 Å². The monoisotopic (exact) mass is 519 g/mol. The van der Waals surface area contributed by atoms with Crippen molar-refractivity contribution in [3.8, 4) is 5.75 Å². The predicted molar refractivity (Wildman–Crippen MR) is 131 cm³/mol. The van der Waals surface area contributed by atoms with Crippen LogP contribution in [0.25, 0.3) is 0 Å². The van der Waals surface area contributed by atoms with Crippen molar-refractivity contribution in [2.45, 2.75) is 57.7 Å². The van der Waals surface area contributed by atoms with Gasteiger partial charge >= 0.3 is 0 Å². The van der Waals surface area contributed by atoms with Gasteiger partial charge in [-0.2, -0.15) is 0 Å². The molecule has 1 atom stereocenters. The first-order valence-electron chi connectivity index (χ1n) is 11.8. The topological polar surface area (TPSA) is 132 Å². The number of ether oxygens (including phenoxy) is 1. The molecule has 0 saturated heterocycles. The molecule has 1 aromatic heterocycles. The smallest absolute Gasteiger partial charge is 0.270 e. The van der Waals surface area contributed by atoms with Crippen LogP contribution in [0.15, 0.2) is 29.4 Å². The molecule has 1 fully saturated rings. The van der Waals surface area contributed by atoms with Gasteiger partial charge in [-0.25, -0.2) is 27.5 Å². The lowest BCUT2D eigenvalue weighted by molar-refractivity contribution is 0.0243. The Morgan fingerprint density at radius 2 is 1.94 bits per heavy atom. The van der Waals surface area contributed by atoms with E-state index in [9.17, 15) is 17.6 Å². The third-order valence-corrected chi connectivity index (χ3v) is 7.17. The summed E-state index contributed by atoms with van der Waals surface area (Å²) >= 11 is 0. The summed E-state index contributed by atoms with van der Waals surface area (Å²) in [6.07, 6.45) is 4.81. The number of carbonyl (C=O) groups is 1. The molecule has 1 aliphatic heterocycles. The molecule has 2 N–H and O–H groups in total. The first-order valence-corrected chi connectivity index (χ1v) is 13.7. The van der Waals surface area contributed by atoms with Gasteiger partial charge in [0.2, 0.25) is 10.0 Å². The number of aromatic nitrogens is 2. The normalized spacial score (nSPS) is 22.0. The molecular formula is C24H30FN5O5S. The van der Waals surface area contributed by atoms with Gasteiger partial charge in [-0.05, 0) is 62.3 Å². The van der Waals surface area contributed by atoms with Gasteiger partial charge in [0.1, 0.15) is 23.3 Å². The van der Waals surface area contributed by atoms with Crippen molar-refractivity contribution in [3.05, 3.63) is 52.9 Å². The Balaban J connectivity index is 1.35. The molecule has 1 unspecified atom stereocenters. The van der Waals surface area contributed by atoms with Crippen LogP contribution in [0, 0.1) is 18.7 Å². The molecule has 10 nitrogen and oxygen atoms in total. The van der Waals surface area contributed by atoms with E-state index in [0.717, 1.165) is 25.7 Å². The van der Waals surface area contributed by atoms with E-state index in [1.807, 2.05) is 0 Å². The van der Waals surface area contributed by atoms with E-state index < -0.39 is 21.7 Å². The second-order valence-electron chi connectivity index (χ2n) is 9.22. The van der Waals surface area contributed by atoms with Crippen molar-refractivity contribution in [1.82, 2.24) is 20.0 Å². The maximum atomic E-state index is 13.6. The van der Waals surface area contributed by atoms with Gasteiger partial charge < -0.3 is 14.9 Å². The van der Waals surface area contributed by atoms with Crippen molar-refractivity contribution in [2.75, 3.05) is 13.4 Å². The van der Waals surface area contributed by atoms with E-state index in [1.54, 1.807) is 19.1 Å². The zero-order valence-corrected chi connectivity index (χ0v) is 21.3. The van der Waals surface area contributed by atoms with E-state index in [1.165, 1.54) is 25.5 Å². The minimum atomic E-state index is -3.22. The maximum absolute atomic E-state index is 13.6. The maximum Gasteiger partial charge on any atom is 0.270 e. The molecule has 36 heavy (non-hydrogen) atoms. The van der Waals surface area contributed by atoms with E-state index in [2.05, 4.69) is 25.2 Å². The van der Waals surface area contributed by atoms with Gasteiger partial charge in [0.05, 0.1) is 19.1 Å². The molecule has 1 aliphatic carbocycles. The van der Waals surface area contributed by atoms with E-state index in [4.69, 9.17) is 9.57 Å². The Morgan fingerprint density at radius 1 is 1.19 bits per heavy atom. The summed E-state index contributed by atoms with van der Waals surface area (Å²) in [5.74, 6) is -0.0596. The molecule has 0 radical (unpaired) electrons. The third kappa shape index (κ3) is 6.55. The summed E-state index contributed by atoms with van der Waals surface area (Å²) in [6.45, 7) is 1.88.